The first-order chi connectivity index (χ1) is 22.6. The smallest absolute Gasteiger partial charge is 0.343 e. The Morgan fingerprint density at radius 1 is 0.652 bits per heavy atom. The maximum atomic E-state index is 12.8. The van der Waals surface area contributed by atoms with Crippen molar-refractivity contribution in [2.24, 2.45) is 11.8 Å². The van der Waals surface area contributed by atoms with Crippen LogP contribution in [-0.4, -0.2) is 22.5 Å². The first kappa shape index (κ1) is 35.6. The number of rotatable bonds is 21. The summed E-state index contributed by atoms with van der Waals surface area (Å²) in [4.78, 5) is 21.9. The summed E-state index contributed by atoms with van der Waals surface area (Å²) in [5.41, 5.74) is 2.55. The van der Waals surface area contributed by atoms with Crippen molar-refractivity contribution in [1.29, 1.82) is 0 Å². The molecule has 0 aliphatic heterocycles. The molecule has 1 aliphatic carbocycles. The fourth-order valence-electron chi connectivity index (χ4n) is 6.68. The van der Waals surface area contributed by atoms with Crippen LogP contribution in [0.15, 0.2) is 60.9 Å². The van der Waals surface area contributed by atoms with Crippen LogP contribution in [0.4, 0.5) is 0 Å². The van der Waals surface area contributed by atoms with Crippen molar-refractivity contribution in [2.45, 2.75) is 136 Å². The summed E-state index contributed by atoms with van der Waals surface area (Å²) in [5.74, 6) is 3.43. The van der Waals surface area contributed by atoms with E-state index in [-0.39, 0.29) is 5.97 Å². The molecule has 0 radical (unpaired) electrons. The standard InChI is InChI=1S/C41H58N2O3/c1-3-5-7-8-9-10-11-13-16-35-31-42-40(43-32-35)36-22-24-37(25-23-36)41(44)46-39-28-26-38(27-29-39)45-30-14-17-34-20-18-33(19-21-34)15-12-6-4-2/h22-29,31-34H,3-21,30H2,1-2H3/t33-,34-. The van der Waals surface area contributed by atoms with E-state index >= 15 is 0 Å². The lowest BCUT2D eigenvalue weighted by atomic mass is 9.78. The van der Waals surface area contributed by atoms with Gasteiger partial charge in [-0.3, -0.25) is 0 Å². The maximum absolute atomic E-state index is 12.8. The summed E-state index contributed by atoms with van der Waals surface area (Å²) in [7, 11) is 0. The fourth-order valence-corrected chi connectivity index (χ4v) is 6.68. The van der Waals surface area contributed by atoms with Crippen LogP contribution in [0, 0.1) is 11.8 Å². The lowest BCUT2D eigenvalue weighted by molar-refractivity contribution is 0.0734. The minimum atomic E-state index is -0.387. The predicted octanol–water partition coefficient (Wildman–Crippen LogP) is 11.6. The van der Waals surface area contributed by atoms with Gasteiger partial charge in [0.2, 0.25) is 0 Å². The lowest BCUT2D eigenvalue weighted by Crippen LogP contribution is -2.15. The normalized spacial score (nSPS) is 16.3. The molecular formula is C41H58N2O3. The van der Waals surface area contributed by atoms with E-state index < -0.39 is 0 Å². The van der Waals surface area contributed by atoms with E-state index in [0.717, 1.165) is 42.6 Å². The van der Waals surface area contributed by atoms with E-state index in [0.29, 0.717) is 17.1 Å². The van der Waals surface area contributed by atoms with Crippen molar-refractivity contribution in [2.75, 3.05) is 6.61 Å². The number of unbranched alkanes of at least 4 members (excludes halogenated alkanes) is 9. The number of aromatic nitrogens is 2. The summed E-state index contributed by atoms with van der Waals surface area (Å²) in [6.45, 7) is 5.28. The Labute approximate surface area is 278 Å². The second-order valence-electron chi connectivity index (χ2n) is 13.5. The monoisotopic (exact) mass is 626 g/mol. The highest BCUT2D eigenvalue weighted by atomic mass is 16.5. The van der Waals surface area contributed by atoms with Gasteiger partial charge in [-0.2, -0.15) is 0 Å². The third-order valence-corrected chi connectivity index (χ3v) is 9.65. The molecule has 1 heterocycles. The van der Waals surface area contributed by atoms with Gasteiger partial charge in [0.05, 0.1) is 12.2 Å². The van der Waals surface area contributed by atoms with Crippen LogP contribution in [0.1, 0.15) is 145 Å². The molecular weight excluding hydrogens is 568 g/mol. The second kappa shape index (κ2) is 20.8. The van der Waals surface area contributed by atoms with Crippen LogP contribution in [0.25, 0.3) is 11.4 Å². The van der Waals surface area contributed by atoms with Crippen LogP contribution >= 0.6 is 0 Å². The number of benzene rings is 2. The Hall–Kier alpha value is -3.21. The van der Waals surface area contributed by atoms with Crippen LogP contribution in [0.2, 0.25) is 0 Å². The molecule has 5 heteroatoms. The highest BCUT2D eigenvalue weighted by Gasteiger charge is 2.20. The molecule has 46 heavy (non-hydrogen) atoms. The molecule has 3 aromatic rings. The van der Waals surface area contributed by atoms with Crippen molar-refractivity contribution in [3.63, 3.8) is 0 Å². The molecule has 1 aromatic heterocycles. The highest BCUT2D eigenvalue weighted by Crippen LogP contribution is 2.34. The first-order valence-electron chi connectivity index (χ1n) is 18.5. The number of esters is 1. The second-order valence-corrected chi connectivity index (χ2v) is 13.5. The summed E-state index contributed by atoms with van der Waals surface area (Å²) in [5, 5.41) is 0. The quantitative estimate of drug-likeness (QED) is 0.0669. The third kappa shape index (κ3) is 12.9. The average Bonchev–Trinajstić information content (AvgIpc) is 3.10. The van der Waals surface area contributed by atoms with Gasteiger partial charge in [-0.15, -0.1) is 0 Å². The Morgan fingerprint density at radius 3 is 1.83 bits per heavy atom. The van der Waals surface area contributed by atoms with Gasteiger partial charge in [-0.1, -0.05) is 122 Å². The molecule has 5 nitrogen and oxygen atoms in total. The molecule has 0 atom stereocenters. The number of nitrogens with zero attached hydrogens (tertiary/aromatic N) is 2. The zero-order valence-corrected chi connectivity index (χ0v) is 28.7. The minimum absolute atomic E-state index is 0.387. The maximum Gasteiger partial charge on any atom is 0.343 e. The number of carbonyl (C=O) groups excluding carboxylic acids is 1. The number of hydrogen-bond donors (Lipinski definition) is 0. The third-order valence-electron chi connectivity index (χ3n) is 9.65. The topological polar surface area (TPSA) is 61.3 Å². The lowest BCUT2D eigenvalue weighted by Gasteiger charge is -2.28. The Morgan fingerprint density at radius 2 is 1.20 bits per heavy atom. The number of hydrogen-bond acceptors (Lipinski definition) is 5. The minimum Gasteiger partial charge on any atom is -0.494 e. The Kier molecular flexibility index (Phi) is 16.1. The van der Waals surface area contributed by atoms with Crippen LogP contribution in [0.5, 0.6) is 11.5 Å². The van der Waals surface area contributed by atoms with Gasteiger partial charge in [-0.05, 0) is 79.5 Å². The molecule has 2 aromatic carbocycles. The van der Waals surface area contributed by atoms with Gasteiger partial charge in [0, 0.05) is 18.0 Å². The fraction of sp³-hybridized carbons (Fsp3) is 0.585. The van der Waals surface area contributed by atoms with E-state index in [4.69, 9.17) is 9.47 Å². The Balaban J connectivity index is 1.11. The molecule has 1 aliphatic rings. The first-order valence-corrected chi connectivity index (χ1v) is 18.5. The molecule has 0 unspecified atom stereocenters. The van der Waals surface area contributed by atoms with Crippen molar-refractivity contribution >= 4 is 5.97 Å². The van der Waals surface area contributed by atoms with E-state index in [2.05, 4.69) is 23.8 Å². The Bertz CT molecular complexity index is 1230. The molecule has 0 N–H and O–H groups in total. The molecule has 1 saturated carbocycles. The number of aryl methyl sites for hydroxylation is 1. The zero-order valence-electron chi connectivity index (χ0n) is 28.7. The molecule has 0 amide bonds. The van der Waals surface area contributed by atoms with E-state index in [9.17, 15) is 4.79 Å². The highest BCUT2D eigenvalue weighted by molar-refractivity contribution is 5.91. The van der Waals surface area contributed by atoms with Gasteiger partial charge in [0.1, 0.15) is 11.5 Å². The van der Waals surface area contributed by atoms with Crippen molar-refractivity contribution in [3.8, 4) is 22.9 Å². The van der Waals surface area contributed by atoms with Gasteiger partial charge in [-0.25, -0.2) is 14.8 Å². The summed E-state index contributed by atoms with van der Waals surface area (Å²) in [6, 6.07) is 14.6. The zero-order chi connectivity index (χ0) is 32.2. The molecule has 250 valence electrons. The van der Waals surface area contributed by atoms with E-state index in [1.54, 1.807) is 24.3 Å². The van der Waals surface area contributed by atoms with Gasteiger partial charge >= 0.3 is 5.97 Å². The van der Waals surface area contributed by atoms with E-state index in [1.807, 2.05) is 36.7 Å². The molecule has 0 spiro atoms. The summed E-state index contributed by atoms with van der Waals surface area (Å²) in [6.07, 6.45) is 28.9. The summed E-state index contributed by atoms with van der Waals surface area (Å²) >= 11 is 0. The summed E-state index contributed by atoms with van der Waals surface area (Å²) < 4.78 is 11.6. The van der Waals surface area contributed by atoms with Crippen molar-refractivity contribution in [1.82, 2.24) is 9.97 Å². The van der Waals surface area contributed by atoms with Crippen molar-refractivity contribution in [3.05, 3.63) is 72.1 Å². The van der Waals surface area contributed by atoms with Crippen LogP contribution in [-0.2, 0) is 6.42 Å². The van der Waals surface area contributed by atoms with Gasteiger partial charge in [0.15, 0.2) is 5.82 Å². The number of carbonyl (C=O) groups is 1. The van der Waals surface area contributed by atoms with Crippen LogP contribution < -0.4 is 9.47 Å². The average molecular weight is 627 g/mol. The number of ether oxygens (including phenoxy) is 2. The molecule has 1 fully saturated rings. The molecule has 0 bridgehead atoms. The van der Waals surface area contributed by atoms with E-state index in [1.165, 1.54) is 115 Å². The SMILES string of the molecule is CCCCCCCCCCc1cnc(-c2ccc(C(=O)Oc3ccc(OCCC[C@H]4CC[C@H](CCCCC)CC4)cc3)cc2)nc1. The van der Waals surface area contributed by atoms with Gasteiger partial charge < -0.3 is 9.47 Å². The molecule has 4 rings (SSSR count). The predicted molar refractivity (Wildman–Crippen MR) is 190 cm³/mol. The largest absolute Gasteiger partial charge is 0.494 e. The van der Waals surface area contributed by atoms with Crippen LogP contribution in [0.3, 0.4) is 0 Å². The van der Waals surface area contributed by atoms with Gasteiger partial charge in [0.25, 0.3) is 0 Å². The molecule has 0 saturated heterocycles. The van der Waals surface area contributed by atoms with Crippen molar-refractivity contribution < 1.29 is 14.3 Å².